The molecule has 0 aromatic rings. The van der Waals surface area contributed by atoms with E-state index in [1.54, 1.807) is 0 Å². The first-order valence-electron chi connectivity index (χ1n) is 12.6. The van der Waals surface area contributed by atoms with Gasteiger partial charge in [-0.2, -0.15) is 0 Å². The van der Waals surface area contributed by atoms with Gasteiger partial charge in [-0.25, -0.2) is 4.79 Å². The summed E-state index contributed by atoms with van der Waals surface area (Å²) < 4.78 is 6.38. The number of nitrogens with zero attached hydrogens (tertiary/aromatic N) is 1. The molecule has 5 atom stereocenters. The summed E-state index contributed by atoms with van der Waals surface area (Å²) in [6, 6.07) is 0.429. The lowest BCUT2D eigenvalue weighted by Crippen LogP contribution is -2.68. The predicted octanol–water partition coefficient (Wildman–Crippen LogP) is 2.07. The Morgan fingerprint density at radius 2 is 1.74 bits per heavy atom. The molecule has 8 heteroatoms. The van der Waals surface area contributed by atoms with Crippen LogP contribution in [0, 0.1) is 0 Å². The van der Waals surface area contributed by atoms with Gasteiger partial charge in [0.15, 0.2) is 0 Å². The molecule has 0 radical (unpaired) electrons. The van der Waals surface area contributed by atoms with E-state index in [1.165, 1.54) is 32.1 Å². The van der Waals surface area contributed by atoms with Crippen LogP contribution in [-0.2, 0) is 4.74 Å². The number of rotatable bonds is 9. The smallest absolute Gasteiger partial charge is 0.317 e. The molecule has 2 aliphatic carbocycles. The highest BCUT2D eigenvalue weighted by Gasteiger charge is 2.29. The van der Waals surface area contributed by atoms with Gasteiger partial charge in [0.1, 0.15) is 6.29 Å². The van der Waals surface area contributed by atoms with Crippen LogP contribution in [0.3, 0.4) is 0 Å². The Morgan fingerprint density at radius 3 is 2.52 bits per heavy atom. The van der Waals surface area contributed by atoms with Gasteiger partial charge in [0.2, 0.25) is 0 Å². The van der Waals surface area contributed by atoms with E-state index in [9.17, 15) is 4.79 Å². The van der Waals surface area contributed by atoms with Gasteiger partial charge in [0.25, 0.3) is 0 Å². The zero-order valence-corrected chi connectivity index (χ0v) is 19.9. The number of nitrogens with one attached hydrogen (secondary N) is 5. The van der Waals surface area contributed by atoms with Crippen molar-refractivity contribution in [3.05, 3.63) is 0 Å². The normalized spacial score (nSPS) is 32.7. The third-order valence-corrected chi connectivity index (χ3v) is 6.75. The maximum Gasteiger partial charge on any atom is 0.317 e. The molecule has 180 valence electrons. The van der Waals surface area contributed by atoms with Crippen molar-refractivity contribution >= 4 is 6.03 Å². The minimum absolute atomic E-state index is 0.103. The van der Waals surface area contributed by atoms with Crippen molar-refractivity contribution in [1.29, 1.82) is 0 Å². The van der Waals surface area contributed by atoms with Crippen LogP contribution in [0.4, 0.5) is 4.79 Å². The van der Waals surface area contributed by atoms with E-state index in [-0.39, 0.29) is 24.5 Å². The van der Waals surface area contributed by atoms with E-state index >= 15 is 0 Å². The van der Waals surface area contributed by atoms with E-state index in [2.05, 4.69) is 52.5 Å². The number of hydrogen-bond donors (Lipinski definition) is 5. The highest BCUT2D eigenvalue weighted by molar-refractivity contribution is 5.74. The number of ether oxygens (including phenoxy) is 1. The fourth-order valence-electron chi connectivity index (χ4n) is 5.15. The second kappa shape index (κ2) is 12.9. The molecule has 31 heavy (non-hydrogen) atoms. The van der Waals surface area contributed by atoms with Crippen LogP contribution in [0.15, 0.2) is 0 Å². The second-order valence-corrected chi connectivity index (χ2v) is 10.1. The van der Waals surface area contributed by atoms with Crippen LogP contribution in [0.5, 0.6) is 0 Å². The fraction of sp³-hybridized carbons (Fsp3) is 0.957. The van der Waals surface area contributed by atoms with Gasteiger partial charge in [-0.15, -0.1) is 0 Å². The molecule has 3 fully saturated rings. The maximum absolute atomic E-state index is 12.7. The average Bonchev–Trinajstić information content (AvgIpc) is 2.71. The summed E-state index contributed by atoms with van der Waals surface area (Å²) in [4.78, 5) is 14.9. The standard InChI is InChI=1S/C23H46N6O2/c1-17-15-21(24-13-8-14-29(2)3)27-22(25-17)28-23(30)26-18-9-7-12-20(16-18)31-19-10-5-4-6-11-19/h17-22,24-25,27H,4-16H2,1-3H3,(H2,26,28,30). The molecule has 0 aromatic carbocycles. The lowest BCUT2D eigenvalue weighted by atomic mass is 9.91. The molecule has 5 unspecified atom stereocenters. The average molecular weight is 439 g/mol. The molecular weight excluding hydrogens is 392 g/mol. The van der Waals surface area contributed by atoms with Gasteiger partial charge in [-0.05, 0) is 85.5 Å². The van der Waals surface area contributed by atoms with Crippen LogP contribution in [0.1, 0.15) is 77.6 Å². The monoisotopic (exact) mass is 438 g/mol. The van der Waals surface area contributed by atoms with E-state index in [0.29, 0.717) is 18.2 Å². The quantitative estimate of drug-likeness (QED) is 0.354. The fourth-order valence-corrected chi connectivity index (χ4v) is 5.15. The summed E-state index contributed by atoms with van der Waals surface area (Å²) in [5.74, 6) is 0. The van der Waals surface area contributed by atoms with E-state index in [4.69, 9.17) is 4.74 Å². The third-order valence-electron chi connectivity index (χ3n) is 6.75. The van der Waals surface area contributed by atoms with E-state index < -0.39 is 0 Å². The Morgan fingerprint density at radius 1 is 0.968 bits per heavy atom. The first-order valence-corrected chi connectivity index (χ1v) is 12.6. The lowest BCUT2D eigenvalue weighted by Gasteiger charge is -2.37. The molecule has 3 aliphatic rings. The summed E-state index contributed by atoms with van der Waals surface area (Å²) in [6.45, 7) is 4.20. The molecule has 2 saturated carbocycles. The Bertz CT molecular complexity index is 528. The van der Waals surface area contributed by atoms with Crippen LogP contribution in [0.25, 0.3) is 0 Å². The highest BCUT2D eigenvalue weighted by atomic mass is 16.5. The zero-order valence-electron chi connectivity index (χ0n) is 19.9. The van der Waals surface area contributed by atoms with Crippen molar-refractivity contribution in [3.8, 4) is 0 Å². The Balaban J connectivity index is 1.36. The number of carbonyl (C=O) groups is 1. The molecule has 3 rings (SSSR count). The summed E-state index contributed by atoms with van der Waals surface area (Å²) in [6.07, 6.45) is 13.4. The molecule has 0 spiro atoms. The SMILES string of the molecule is CC1CC(NCCCN(C)C)NC(NC(=O)NC2CCCC(OC3CCCCC3)C2)N1. The number of amides is 2. The first-order chi connectivity index (χ1) is 15.0. The van der Waals surface area contributed by atoms with Gasteiger partial charge in [-0.1, -0.05) is 19.3 Å². The molecule has 1 heterocycles. The number of hydrogen-bond acceptors (Lipinski definition) is 6. The van der Waals surface area contributed by atoms with Gasteiger partial charge >= 0.3 is 6.03 Å². The highest BCUT2D eigenvalue weighted by Crippen LogP contribution is 2.27. The largest absolute Gasteiger partial charge is 0.375 e. The Kier molecular flexibility index (Phi) is 10.3. The van der Waals surface area contributed by atoms with Gasteiger partial charge in [0, 0.05) is 12.1 Å². The molecule has 0 bridgehead atoms. The van der Waals surface area contributed by atoms with Crippen molar-refractivity contribution in [2.75, 3.05) is 27.2 Å². The topological polar surface area (TPSA) is 89.7 Å². The molecule has 2 amide bonds. The minimum Gasteiger partial charge on any atom is -0.375 e. The molecule has 1 saturated heterocycles. The Hall–Kier alpha value is -0.930. The van der Waals surface area contributed by atoms with Gasteiger partial charge in [-0.3, -0.25) is 10.6 Å². The van der Waals surface area contributed by atoms with Gasteiger partial charge < -0.3 is 25.6 Å². The third kappa shape index (κ3) is 9.22. The zero-order chi connectivity index (χ0) is 22.1. The van der Waals surface area contributed by atoms with Crippen LogP contribution in [0.2, 0.25) is 0 Å². The van der Waals surface area contributed by atoms with Crippen LogP contribution < -0.4 is 26.6 Å². The minimum atomic E-state index is -0.229. The van der Waals surface area contributed by atoms with Crippen molar-refractivity contribution in [3.63, 3.8) is 0 Å². The number of carbonyl (C=O) groups excluding carboxylic acids is 1. The summed E-state index contributed by atoms with van der Waals surface area (Å²) in [5, 5.41) is 16.7. The molecule has 8 nitrogen and oxygen atoms in total. The molecule has 0 aromatic heterocycles. The van der Waals surface area contributed by atoms with Crippen molar-refractivity contribution in [2.24, 2.45) is 0 Å². The van der Waals surface area contributed by atoms with Gasteiger partial charge in [0.05, 0.1) is 18.4 Å². The van der Waals surface area contributed by atoms with E-state index in [0.717, 1.165) is 51.6 Å². The summed E-state index contributed by atoms with van der Waals surface area (Å²) >= 11 is 0. The Labute approximate surface area is 189 Å². The predicted molar refractivity (Wildman–Crippen MR) is 125 cm³/mol. The second-order valence-electron chi connectivity index (χ2n) is 10.1. The van der Waals surface area contributed by atoms with Crippen molar-refractivity contribution in [1.82, 2.24) is 31.5 Å². The first kappa shape index (κ1) is 24.7. The van der Waals surface area contributed by atoms with Crippen molar-refractivity contribution in [2.45, 2.75) is 114 Å². The molecule has 5 N–H and O–H groups in total. The number of urea groups is 1. The van der Waals surface area contributed by atoms with Crippen LogP contribution in [-0.4, -0.2) is 74.9 Å². The van der Waals surface area contributed by atoms with E-state index in [1.807, 2.05) is 0 Å². The maximum atomic E-state index is 12.7. The molecular formula is C23H46N6O2. The molecule has 1 aliphatic heterocycles. The van der Waals surface area contributed by atoms with Crippen LogP contribution >= 0.6 is 0 Å². The summed E-state index contributed by atoms with van der Waals surface area (Å²) in [5.41, 5.74) is 0. The summed E-state index contributed by atoms with van der Waals surface area (Å²) in [7, 11) is 4.19. The lowest BCUT2D eigenvalue weighted by molar-refractivity contribution is -0.0493. The van der Waals surface area contributed by atoms with Crippen molar-refractivity contribution < 1.29 is 9.53 Å².